The molecule has 0 spiro atoms. The summed E-state index contributed by atoms with van der Waals surface area (Å²) >= 11 is 1.92. The van der Waals surface area contributed by atoms with E-state index in [9.17, 15) is 0 Å². The van der Waals surface area contributed by atoms with Gasteiger partial charge in [0.1, 0.15) is 5.75 Å². The molecule has 104 valence electrons. The predicted octanol–water partition coefficient (Wildman–Crippen LogP) is 4.50. The highest BCUT2D eigenvalue weighted by Crippen LogP contribution is 2.39. The molecule has 3 heteroatoms. The molecule has 1 aromatic heterocycles. The maximum absolute atomic E-state index is 6.11. The van der Waals surface area contributed by atoms with Crippen molar-refractivity contribution in [2.45, 2.75) is 10.8 Å². The van der Waals surface area contributed by atoms with E-state index >= 15 is 0 Å². The van der Waals surface area contributed by atoms with Crippen LogP contribution in [0.25, 0.3) is 10.9 Å². The average Bonchev–Trinajstić information content (AvgIpc) is 2.96. The number of hydrogen-bond acceptors (Lipinski definition) is 3. The third-order valence-corrected chi connectivity index (χ3v) is 5.10. The Balaban J connectivity index is 1.57. The van der Waals surface area contributed by atoms with E-state index in [0.717, 1.165) is 29.0 Å². The molecule has 1 aliphatic heterocycles. The molecular formula is C18H15NOS. The molecule has 0 radical (unpaired) electrons. The highest BCUT2D eigenvalue weighted by Gasteiger charge is 2.23. The van der Waals surface area contributed by atoms with Gasteiger partial charge < -0.3 is 4.74 Å². The lowest BCUT2D eigenvalue weighted by Crippen LogP contribution is -2.09. The molecule has 2 nitrogen and oxygen atoms in total. The molecule has 1 aliphatic rings. The zero-order chi connectivity index (χ0) is 14.1. The van der Waals surface area contributed by atoms with Gasteiger partial charge in [0.15, 0.2) is 0 Å². The van der Waals surface area contributed by atoms with Gasteiger partial charge in [0, 0.05) is 28.1 Å². The maximum atomic E-state index is 6.11. The van der Waals surface area contributed by atoms with Gasteiger partial charge in [0.2, 0.25) is 0 Å². The van der Waals surface area contributed by atoms with E-state index in [1.54, 1.807) is 0 Å². The predicted molar refractivity (Wildman–Crippen MR) is 87.1 cm³/mol. The second kappa shape index (κ2) is 5.41. The van der Waals surface area contributed by atoms with Crippen molar-refractivity contribution in [2.24, 2.45) is 0 Å². The van der Waals surface area contributed by atoms with Crippen LogP contribution in [-0.2, 0) is 0 Å². The third kappa shape index (κ3) is 2.38. The standard InChI is InChI=1S/C18H15NOS/c1-2-9-18-14(5-1)13(12-21-18)11-20-17-8-3-7-16-15(17)6-4-10-19-16/h1-10,13H,11-12H2. The molecule has 21 heavy (non-hydrogen) atoms. The van der Waals surface area contributed by atoms with E-state index in [0.29, 0.717) is 5.92 Å². The van der Waals surface area contributed by atoms with Crippen LogP contribution in [0.3, 0.4) is 0 Å². The van der Waals surface area contributed by atoms with Crippen molar-refractivity contribution in [1.82, 2.24) is 4.98 Å². The number of rotatable bonds is 3. The zero-order valence-electron chi connectivity index (χ0n) is 11.5. The first-order valence-electron chi connectivity index (χ1n) is 7.10. The Morgan fingerprint density at radius 1 is 1.05 bits per heavy atom. The van der Waals surface area contributed by atoms with Gasteiger partial charge >= 0.3 is 0 Å². The summed E-state index contributed by atoms with van der Waals surface area (Å²) in [7, 11) is 0. The zero-order valence-corrected chi connectivity index (χ0v) is 12.3. The number of benzene rings is 2. The van der Waals surface area contributed by atoms with Crippen LogP contribution in [0.5, 0.6) is 5.75 Å². The van der Waals surface area contributed by atoms with Crippen molar-refractivity contribution in [3.63, 3.8) is 0 Å². The molecule has 1 unspecified atom stereocenters. The number of thioether (sulfide) groups is 1. The van der Waals surface area contributed by atoms with Gasteiger partial charge in [-0.25, -0.2) is 0 Å². The van der Waals surface area contributed by atoms with Gasteiger partial charge in [-0.05, 0) is 35.9 Å². The SMILES string of the molecule is c1ccc2c(c1)SCC2COc1cccc2ncccc12. The van der Waals surface area contributed by atoms with Gasteiger partial charge in [-0.1, -0.05) is 24.3 Å². The van der Waals surface area contributed by atoms with Gasteiger partial charge in [0.05, 0.1) is 12.1 Å². The summed E-state index contributed by atoms with van der Waals surface area (Å²) in [6.07, 6.45) is 1.82. The lowest BCUT2D eigenvalue weighted by atomic mass is 10.0. The fourth-order valence-electron chi connectivity index (χ4n) is 2.76. The molecule has 4 rings (SSSR count). The van der Waals surface area contributed by atoms with Gasteiger partial charge in [-0.3, -0.25) is 4.98 Å². The summed E-state index contributed by atoms with van der Waals surface area (Å²) in [4.78, 5) is 5.77. The first kappa shape index (κ1) is 12.7. The monoisotopic (exact) mass is 293 g/mol. The van der Waals surface area contributed by atoms with E-state index in [-0.39, 0.29) is 0 Å². The Morgan fingerprint density at radius 3 is 3.00 bits per heavy atom. The van der Waals surface area contributed by atoms with Gasteiger partial charge in [0.25, 0.3) is 0 Å². The Labute approximate surface area is 128 Å². The molecule has 0 fully saturated rings. The fraction of sp³-hybridized carbons (Fsp3) is 0.167. The minimum absolute atomic E-state index is 0.470. The first-order chi connectivity index (χ1) is 10.4. The smallest absolute Gasteiger partial charge is 0.128 e. The molecule has 1 atom stereocenters. The fourth-order valence-corrected chi connectivity index (χ4v) is 3.99. The van der Waals surface area contributed by atoms with Crippen LogP contribution in [0.2, 0.25) is 0 Å². The van der Waals surface area contributed by atoms with Crippen LogP contribution in [0.15, 0.2) is 65.7 Å². The minimum atomic E-state index is 0.470. The minimum Gasteiger partial charge on any atom is -0.492 e. The van der Waals surface area contributed by atoms with Crippen molar-refractivity contribution in [3.05, 3.63) is 66.4 Å². The Kier molecular flexibility index (Phi) is 3.28. The van der Waals surface area contributed by atoms with Crippen LogP contribution >= 0.6 is 11.8 Å². The van der Waals surface area contributed by atoms with E-state index < -0.39 is 0 Å². The highest BCUT2D eigenvalue weighted by atomic mass is 32.2. The van der Waals surface area contributed by atoms with Crippen LogP contribution in [0.1, 0.15) is 11.5 Å². The molecule has 2 aromatic carbocycles. The average molecular weight is 293 g/mol. The molecule has 0 aliphatic carbocycles. The van der Waals surface area contributed by atoms with Crippen LogP contribution in [0, 0.1) is 0 Å². The lowest BCUT2D eigenvalue weighted by molar-refractivity contribution is 0.301. The van der Waals surface area contributed by atoms with Crippen molar-refractivity contribution >= 4 is 22.7 Å². The normalized spacial score (nSPS) is 16.9. The second-order valence-electron chi connectivity index (χ2n) is 5.18. The van der Waals surface area contributed by atoms with Crippen molar-refractivity contribution in [2.75, 3.05) is 12.4 Å². The molecule has 0 saturated heterocycles. The number of fused-ring (bicyclic) bond motifs is 2. The van der Waals surface area contributed by atoms with E-state index in [2.05, 4.69) is 35.3 Å². The van der Waals surface area contributed by atoms with Crippen LogP contribution in [0.4, 0.5) is 0 Å². The second-order valence-corrected chi connectivity index (χ2v) is 6.24. The summed E-state index contributed by atoms with van der Waals surface area (Å²) in [5, 5.41) is 1.08. The number of hydrogen-bond donors (Lipinski definition) is 0. The Bertz CT molecular complexity index is 782. The topological polar surface area (TPSA) is 22.1 Å². The Morgan fingerprint density at radius 2 is 2.00 bits per heavy atom. The highest BCUT2D eigenvalue weighted by molar-refractivity contribution is 7.99. The summed E-state index contributed by atoms with van der Waals surface area (Å²) in [6, 6.07) is 18.7. The number of pyridine rings is 1. The first-order valence-corrected chi connectivity index (χ1v) is 8.08. The summed E-state index contributed by atoms with van der Waals surface area (Å²) in [5.74, 6) is 2.50. The molecule has 0 bridgehead atoms. The van der Waals surface area contributed by atoms with E-state index in [1.807, 2.05) is 42.2 Å². The summed E-state index contributed by atoms with van der Waals surface area (Å²) < 4.78 is 6.11. The largest absolute Gasteiger partial charge is 0.492 e. The summed E-state index contributed by atoms with van der Waals surface area (Å²) in [6.45, 7) is 0.720. The van der Waals surface area contributed by atoms with E-state index in [1.165, 1.54) is 10.5 Å². The number of aromatic nitrogens is 1. The molecular weight excluding hydrogens is 278 g/mol. The van der Waals surface area contributed by atoms with Crippen molar-refractivity contribution < 1.29 is 4.74 Å². The molecule has 0 amide bonds. The maximum Gasteiger partial charge on any atom is 0.128 e. The van der Waals surface area contributed by atoms with Crippen molar-refractivity contribution in [1.29, 1.82) is 0 Å². The summed E-state index contributed by atoms with van der Waals surface area (Å²) in [5.41, 5.74) is 2.40. The van der Waals surface area contributed by atoms with Crippen LogP contribution < -0.4 is 4.74 Å². The quantitative estimate of drug-likeness (QED) is 0.709. The van der Waals surface area contributed by atoms with Crippen LogP contribution in [-0.4, -0.2) is 17.3 Å². The van der Waals surface area contributed by atoms with Gasteiger partial charge in [-0.15, -0.1) is 11.8 Å². The molecule has 0 saturated carbocycles. The molecule has 0 N–H and O–H groups in total. The number of ether oxygens (including phenoxy) is 1. The van der Waals surface area contributed by atoms with Gasteiger partial charge in [-0.2, -0.15) is 0 Å². The third-order valence-electron chi connectivity index (χ3n) is 3.84. The van der Waals surface area contributed by atoms with E-state index in [4.69, 9.17) is 4.74 Å². The number of nitrogens with zero attached hydrogens (tertiary/aromatic N) is 1. The molecule has 3 aromatic rings. The molecule has 2 heterocycles. The van der Waals surface area contributed by atoms with Crippen molar-refractivity contribution in [3.8, 4) is 5.75 Å². The Hall–Kier alpha value is -2.00. The lowest BCUT2D eigenvalue weighted by Gasteiger charge is -2.14.